The van der Waals surface area contributed by atoms with Gasteiger partial charge in [-0.2, -0.15) is 12.6 Å². The van der Waals surface area contributed by atoms with Crippen molar-refractivity contribution in [3.05, 3.63) is 35.9 Å². The second kappa shape index (κ2) is 5.89. The number of ether oxygens (including phenoxy) is 4. The van der Waals surface area contributed by atoms with Crippen LogP contribution in [0.1, 0.15) is 26.3 Å². The monoisotopic (exact) mass is 310 g/mol. The molecule has 2 heterocycles. The smallest absolute Gasteiger partial charge is 0.190 e. The van der Waals surface area contributed by atoms with E-state index in [-0.39, 0.29) is 29.9 Å². The maximum Gasteiger partial charge on any atom is 0.190 e. The molecule has 2 aliphatic heterocycles. The van der Waals surface area contributed by atoms with Crippen molar-refractivity contribution in [1.82, 2.24) is 0 Å². The van der Waals surface area contributed by atoms with Gasteiger partial charge in [-0.25, -0.2) is 0 Å². The zero-order valence-electron chi connectivity index (χ0n) is 12.6. The molecule has 21 heavy (non-hydrogen) atoms. The molecule has 0 radical (unpaired) electrons. The normalized spacial score (nSPS) is 35.6. The molecule has 116 valence electrons. The zero-order valence-corrected chi connectivity index (χ0v) is 13.5. The molecular formula is C16H22O4S. The lowest BCUT2D eigenvalue weighted by Gasteiger charge is -2.27. The van der Waals surface area contributed by atoms with Gasteiger partial charge in [-0.3, -0.25) is 0 Å². The van der Waals surface area contributed by atoms with Gasteiger partial charge >= 0.3 is 0 Å². The fourth-order valence-electron chi connectivity index (χ4n) is 2.85. The molecule has 2 saturated heterocycles. The van der Waals surface area contributed by atoms with Crippen LogP contribution in [0.5, 0.6) is 0 Å². The van der Waals surface area contributed by atoms with Gasteiger partial charge in [-0.15, -0.1) is 0 Å². The Balaban J connectivity index is 1.70. The van der Waals surface area contributed by atoms with Gasteiger partial charge in [0.15, 0.2) is 12.1 Å². The number of hydrogen-bond donors (Lipinski definition) is 1. The molecule has 3 rings (SSSR count). The second-order valence-corrected chi connectivity index (χ2v) is 6.89. The molecule has 1 aromatic rings. The average molecular weight is 310 g/mol. The fraction of sp³-hybridized carbons (Fsp3) is 0.625. The van der Waals surface area contributed by atoms with E-state index >= 15 is 0 Å². The van der Waals surface area contributed by atoms with Crippen LogP contribution in [0.4, 0.5) is 0 Å². The van der Waals surface area contributed by atoms with Crippen LogP contribution in [0.25, 0.3) is 0 Å². The highest BCUT2D eigenvalue weighted by molar-refractivity contribution is 7.81. The Kier molecular flexibility index (Phi) is 4.30. The molecule has 0 bridgehead atoms. The van der Waals surface area contributed by atoms with E-state index in [2.05, 4.69) is 12.6 Å². The van der Waals surface area contributed by atoms with Gasteiger partial charge in [-0.05, 0) is 19.4 Å². The van der Waals surface area contributed by atoms with E-state index < -0.39 is 5.79 Å². The van der Waals surface area contributed by atoms with Gasteiger partial charge in [0.2, 0.25) is 0 Å². The Morgan fingerprint density at radius 2 is 1.95 bits per heavy atom. The summed E-state index contributed by atoms with van der Waals surface area (Å²) in [6.45, 7) is 6.31. The lowest BCUT2D eigenvalue weighted by atomic mass is 10.1. The third-order valence-corrected chi connectivity index (χ3v) is 4.08. The topological polar surface area (TPSA) is 36.9 Å². The first-order chi connectivity index (χ1) is 9.96. The van der Waals surface area contributed by atoms with Crippen molar-refractivity contribution in [2.24, 2.45) is 0 Å². The summed E-state index contributed by atoms with van der Waals surface area (Å²) in [6.07, 6.45) is -0.892. The third-order valence-electron chi connectivity index (χ3n) is 3.79. The van der Waals surface area contributed by atoms with Crippen molar-refractivity contribution in [3.8, 4) is 0 Å². The summed E-state index contributed by atoms with van der Waals surface area (Å²) < 4.78 is 23.8. The molecule has 5 atom stereocenters. The average Bonchev–Trinajstić information content (AvgIpc) is 2.90. The highest BCUT2D eigenvalue weighted by atomic mass is 32.1. The van der Waals surface area contributed by atoms with Gasteiger partial charge in [-0.1, -0.05) is 37.3 Å². The number of benzene rings is 1. The minimum Gasteiger partial charge on any atom is -0.368 e. The first-order valence-electron chi connectivity index (χ1n) is 7.31. The van der Waals surface area contributed by atoms with E-state index in [0.29, 0.717) is 6.61 Å². The highest BCUT2D eigenvalue weighted by Gasteiger charge is 2.56. The second-order valence-electron chi connectivity index (χ2n) is 6.07. The lowest BCUT2D eigenvalue weighted by Crippen LogP contribution is -2.40. The van der Waals surface area contributed by atoms with Crippen molar-refractivity contribution < 1.29 is 18.9 Å². The summed E-state index contributed by atoms with van der Waals surface area (Å²) in [5, 5.41) is 0.0479. The van der Waals surface area contributed by atoms with E-state index in [4.69, 9.17) is 18.9 Å². The van der Waals surface area contributed by atoms with Crippen LogP contribution in [-0.4, -0.2) is 35.6 Å². The first kappa shape index (κ1) is 15.3. The molecule has 2 fully saturated rings. The Morgan fingerprint density at radius 1 is 1.24 bits per heavy atom. The predicted octanol–water partition coefficient (Wildman–Crippen LogP) is 2.77. The maximum absolute atomic E-state index is 6.09. The van der Waals surface area contributed by atoms with Crippen molar-refractivity contribution in [2.75, 3.05) is 0 Å². The molecule has 0 N–H and O–H groups in total. The van der Waals surface area contributed by atoms with Gasteiger partial charge in [0.05, 0.1) is 6.61 Å². The molecule has 5 heteroatoms. The van der Waals surface area contributed by atoms with Gasteiger partial charge < -0.3 is 18.9 Å². The number of hydrogen-bond acceptors (Lipinski definition) is 5. The summed E-state index contributed by atoms with van der Waals surface area (Å²) in [7, 11) is 0. The van der Waals surface area contributed by atoms with Gasteiger partial charge in [0.1, 0.15) is 18.3 Å². The number of thiol groups is 1. The Labute approximate surface area is 131 Å². The van der Waals surface area contributed by atoms with Crippen LogP contribution >= 0.6 is 12.6 Å². The minimum atomic E-state index is -0.630. The molecule has 0 unspecified atom stereocenters. The first-order valence-corrected chi connectivity index (χ1v) is 7.82. The van der Waals surface area contributed by atoms with Crippen molar-refractivity contribution in [2.45, 2.75) is 63.0 Å². The zero-order chi connectivity index (χ0) is 15.0. The van der Waals surface area contributed by atoms with E-state index in [9.17, 15) is 0 Å². The molecule has 0 amide bonds. The van der Waals surface area contributed by atoms with E-state index in [1.54, 1.807) is 0 Å². The van der Waals surface area contributed by atoms with Crippen LogP contribution in [0, 0.1) is 0 Å². The molecule has 1 aromatic carbocycles. The van der Waals surface area contributed by atoms with Crippen molar-refractivity contribution in [3.63, 3.8) is 0 Å². The van der Waals surface area contributed by atoms with Crippen LogP contribution < -0.4 is 0 Å². The van der Waals surface area contributed by atoms with Crippen LogP contribution in [-0.2, 0) is 25.6 Å². The lowest BCUT2D eigenvalue weighted by molar-refractivity contribution is -0.218. The highest BCUT2D eigenvalue weighted by Crippen LogP contribution is 2.40. The number of rotatable bonds is 4. The summed E-state index contributed by atoms with van der Waals surface area (Å²) in [4.78, 5) is 0. The maximum atomic E-state index is 6.09. The molecule has 0 spiro atoms. The third kappa shape index (κ3) is 3.27. The molecule has 4 nitrogen and oxygen atoms in total. The summed E-state index contributed by atoms with van der Waals surface area (Å²) >= 11 is 4.50. The van der Waals surface area contributed by atoms with E-state index in [1.165, 1.54) is 0 Å². The van der Waals surface area contributed by atoms with Crippen LogP contribution in [0.3, 0.4) is 0 Å². The van der Waals surface area contributed by atoms with Crippen LogP contribution in [0.2, 0.25) is 0 Å². The summed E-state index contributed by atoms with van der Waals surface area (Å²) in [6, 6.07) is 10.1. The standard InChI is InChI=1S/C16H22O4S/c1-10(21)12-13(17-9-11-7-5-4-6-8-11)14-15(18-12)20-16(2,3)19-14/h4-8,10,12-15,21H,9H2,1-3H3/t10-,12+,13-,14+,15+/m0/s1. The Hall–Kier alpha value is -0.590. The fourth-order valence-corrected chi connectivity index (χ4v) is 3.09. The van der Waals surface area contributed by atoms with Gasteiger partial charge in [0.25, 0.3) is 0 Å². The van der Waals surface area contributed by atoms with Crippen LogP contribution in [0.15, 0.2) is 30.3 Å². The molecule has 0 saturated carbocycles. The molecule has 0 aromatic heterocycles. The molecular weight excluding hydrogens is 288 g/mol. The van der Waals surface area contributed by atoms with E-state index in [0.717, 1.165) is 5.56 Å². The van der Waals surface area contributed by atoms with Crippen molar-refractivity contribution >= 4 is 12.6 Å². The SMILES string of the molecule is C[C@H](S)[C@H]1O[C@@H]2OC(C)(C)O[C@@H]2[C@H]1OCc1ccccc1. The minimum absolute atomic E-state index is 0.0479. The van der Waals surface area contributed by atoms with Gasteiger partial charge in [0, 0.05) is 5.25 Å². The quantitative estimate of drug-likeness (QED) is 0.868. The largest absolute Gasteiger partial charge is 0.368 e. The molecule has 2 aliphatic rings. The molecule has 0 aliphatic carbocycles. The van der Waals surface area contributed by atoms with E-state index in [1.807, 2.05) is 51.1 Å². The summed E-state index contributed by atoms with van der Waals surface area (Å²) in [5.41, 5.74) is 1.13. The Morgan fingerprint density at radius 3 is 2.62 bits per heavy atom. The number of fused-ring (bicyclic) bond motifs is 1. The summed E-state index contributed by atoms with van der Waals surface area (Å²) in [5.74, 6) is -0.630. The Bertz CT molecular complexity index is 476. The van der Waals surface area contributed by atoms with Crippen molar-refractivity contribution in [1.29, 1.82) is 0 Å². The predicted molar refractivity (Wildman–Crippen MR) is 82.2 cm³/mol.